The first-order valence-electron chi connectivity index (χ1n) is 8.78. The second-order valence-electron chi connectivity index (χ2n) is 7.07. The quantitative estimate of drug-likeness (QED) is 0.735. The van der Waals surface area contributed by atoms with Gasteiger partial charge in [-0.1, -0.05) is 32.6 Å². The number of aliphatic hydroxyl groups excluding tert-OH is 1. The second kappa shape index (κ2) is 7.77. The van der Waals surface area contributed by atoms with Crippen LogP contribution >= 0.6 is 0 Å². The summed E-state index contributed by atoms with van der Waals surface area (Å²) in [5.41, 5.74) is -0.000331. The highest BCUT2D eigenvalue weighted by Gasteiger charge is 2.40. The van der Waals surface area contributed by atoms with Gasteiger partial charge in [0, 0.05) is 17.6 Å². The molecule has 0 bridgehead atoms. The molecular weight excluding hydrogens is 248 g/mol. The van der Waals surface area contributed by atoms with Crippen LogP contribution in [0.4, 0.5) is 0 Å². The zero-order valence-electron chi connectivity index (χ0n) is 13.5. The first kappa shape index (κ1) is 16.3. The summed E-state index contributed by atoms with van der Waals surface area (Å²) in [5, 5.41) is 13.4. The molecule has 2 fully saturated rings. The molecule has 20 heavy (non-hydrogen) atoms. The van der Waals surface area contributed by atoms with Gasteiger partial charge in [0.1, 0.15) is 0 Å². The van der Waals surface area contributed by atoms with Gasteiger partial charge < -0.3 is 15.3 Å². The fourth-order valence-electron chi connectivity index (χ4n) is 4.16. The lowest BCUT2D eigenvalue weighted by Crippen LogP contribution is -2.48. The monoisotopic (exact) mass is 282 g/mol. The molecule has 2 saturated carbocycles. The van der Waals surface area contributed by atoms with E-state index in [-0.39, 0.29) is 5.54 Å². The summed E-state index contributed by atoms with van der Waals surface area (Å²) in [7, 11) is 2.33. The first-order valence-corrected chi connectivity index (χ1v) is 8.78. The summed E-state index contributed by atoms with van der Waals surface area (Å²) < 4.78 is 0. The zero-order valence-corrected chi connectivity index (χ0v) is 13.5. The zero-order chi connectivity index (χ0) is 14.4. The van der Waals surface area contributed by atoms with E-state index in [1.807, 2.05) is 0 Å². The van der Waals surface area contributed by atoms with Crippen LogP contribution < -0.4 is 5.32 Å². The van der Waals surface area contributed by atoms with Gasteiger partial charge in [-0.15, -0.1) is 0 Å². The van der Waals surface area contributed by atoms with Gasteiger partial charge >= 0.3 is 0 Å². The van der Waals surface area contributed by atoms with Crippen LogP contribution in [-0.4, -0.2) is 47.8 Å². The predicted molar refractivity (Wildman–Crippen MR) is 85.0 cm³/mol. The number of nitrogens with zero attached hydrogens (tertiary/aromatic N) is 1. The summed E-state index contributed by atoms with van der Waals surface area (Å²) in [6, 6.07) is 1.44. The molecule has 118 valence electrons. The molecule has 0 aromatic rings. The van der Waals surface area contributed by atoms with E-state index in [0.29, 0.717) is 12.6 Å². The molecule has 0 spiro atoms. The average molecular weight is 282 g/mol. The molecule has 0 saturated heterocycles. The van der Waals surface area contributed by atoms with E-state index in [0.717, 1.165) is 31.8 Å². The van der Waals surface area contributed by atoms with Gasteiger partial charge in [0.25, 0.3) is 0 Å². The number of hydrogen-bond donors (Lipinski definition) is 2. The Kier molecular flexibility index (Phi) is 6.31. The van der Waals surface area contributed by atoms with E-state index < -0.39 is 0 Å². The molecule has 3 nitrogen and oxygen atoms in total. The van der Waals surface area contributed by atoms with Crippen molar-refractivity contribution in [3.63, 3.8) is 0 Å². The minimum absolute atomic E-state index is 0.000331. The Labute approximate surface area is 125 Å². The maximum atomic E-state index is 9.82. The maximum absolute atomic E-state index is 9.82. The van der Waals surface area contributed by atoms with E-state index in [9.17, 15) is 5.11 Å². The third-order valence-corrected chi connectivity index (χ3v) is 5.61. The highest BCUT2D eigenvalue weighted by molar-refractivity contribution is 4.99. The van der Waals surface area contributed by atoms with E-state index in [1.165, 1.54) is 44.9 Å². The normalized spacial score (nSPS) is 32.7. The fourth-order valence-corrected chi connectivity index (χ4v) is 4.16. The lowest BCUT2D eigenvalue weighted by molar-refractivity contribution is 0.128. The average Bonchev–Trinajstić information content (AvgIpc) is 2.71. The lowest BCUT2D eigenvalue weighted by Gasteiger charge is -2.35. The van der Waals surface area contributed by atoms with E-state index in [1.54, 1.807) is 0 Å². The summed E-state index contributed by atoms with van der Waals surface area (Å²) >= 11 is 0. The highest BCUT2D eigenvalue weighted by Crippen LogP contribution is 2.35. The van der Waals surface area contributed by atoms with Crippen molar-refractivity contribution >= 4 is 0 Å². The summed E-state index contributed by atoms with van der Waals surface area (Å²) in [6.45, 7) is 3.52. The van der Waals surface area contributed by atoms with Crippen LogP contribution in [0.5, 0.6) is 0 Å². The minimum atomic E-state index is -0.000331. The van der Waals surface area contributed by atoms with Crippen LogP contribution in [0.1, 0.15) is 71.1 Å². The van der Waals surface area contributed by atoms with Gasteiger partial charge in [0.05, 0.1) is 6.61 Å². The van der Waals surface area contributed by atoms with E-state index >= 15 is 0 Å². The molecule has 0 amide bonds. The molecule has 0 radical (unpaired) electrons. The number of nitrogens with one attached hydrogen (secondary N) is 1. The van der Waals surface area contributed by atoms with Gasteiger partial charge in [0.2, 0.25) is 0 Å². The first-order chi connectivity index (χ1) is 9.71. The van der Waals surface area contributed by atoms with Crippen LogP contribution in [-0.2, 0) is 0 Å². The van der Waals surface area contributed by atoms with Crippen molar-refractivity contribution in [3.05, 3.63) is 0 Å². The largest absolute Gasteiger partial charge is 0.394 e. The Morgan fingerprint density at radius 2 is 1.80 bits per heavy atom. The Hall–Kier alpha value is -0.120. The maximum Gasteiger partial charge on any atom is 0.0613 e. The van der Waals surface area contributed by atoms with Gasteiger partial charge in [-0.2, -0.15) is 0 Å². The van der Waals surface area contributed by atoms with Crippen molar-refractivity contribution in [2.24, 2.45) is 0 Å². The van der Waals surface area contributed by atoms with Crippen LogP contribution in [0.3, 0.4) is 0 Å². The molecule has 2 aliphatic carbocycles. The molecule has 0 aromatic heterocycles. The van der Waals surface area contributed by atoms with Gasteiger partial charge in [0.15, 0.2) is 0 Å². The van der Waals surface area contributed by atoms with Crippen molar-refractivity contribution in [3.8, 4) is 0 Å². The van der Waals surface area contributed by atoms with Crippen LogP contribution in [0, 0.1) is 0 Å². The van der Waals surface area contributed by atoms with Crippen molar-refractivity contribution in [2.75, 3.05) is 20.2 Å². The fraction of sp³-hybridized carbons (Fsp3) is 1.00. The van der Waals surface area contributed by atoms with Gasteiger partial charge in [-0.05, 0) is 52.1 Å². The van der Waals surface area contributed by atoms with Gasteiger partial charge in [-0.25, -0.2) is 0 Å². The summed E-state index contributed by atoms with van der Waals surface area (Å²) in [6.07, 6.45) is 13.0. The molecule has 2 rings (SSSR count). The molecular formula is C17H34N2O. The van der Waals surface area contributed by atoms with Crippen LogP contribution in [0.25, 0.3) is 0 Å². The van der Waals surface area contributed by atoms with Gasteiger partial charge in [-0.3, -0.25) is 0 Å². The molecule has 0 heterocycles. The summed E-state index contributed by atoms with van der Waals surface area (Å²) in [4.78, 5) is 2.65. The van der Waals surface area contributed by atoms with E-state index in [4.69, 9.17) is 0 Å². The number of rotatable bonds is 6. The Morgan fingerprint density at radius 1 is 1.10 bits per heavy atom. The Balaban J connectivity index is 1.89. The molecule has 2 aliphatic rings. The SMILES string of the molecule is CCCNC1(CO)CCC(N(C)C2CCCCCC2)C1. The van der Waals surface area contributed by atoms with Crippen molar-refractivity contribution in [1.29, 1.82) is 0 Å². The Bertz CT molecular complexity index is 276. The third-order valence-electron chi connectivity index (χ3n) is 5.61. The molecule has 0 aliphatic heterocycles. The molecule has 2 atom stereocenters. The van der Waals surface area contributed by atoms with E-state index in [2.05, 4.69) is 24.2 Å². The third kappa shape index (κ3) is 3.96. The summed E-state index contributed by atoms with van der Waals surface area (Å²) in [5.74, 6) is 0. The van der Waals surface area contributed by atoms with Crippen molar-refractivity contribution < 1.29 is 5.11 Å². The molecule has 2 N–H and O–H groups in total. The molecule has 3 heteroatoms. The molecule has 2 unspecified atom stereocenters. The topological polar surface area (TPSA) is 35.5 Å². The number of aliphatic hydroxyl groups is 1. The standard InChI is InChI=1S/C17H34N2O/c1-3-12-18-17(14-20)11-10-16(13-17)19(2)15-8-6-4-5-7-9-15/h15-16,18,20H,3-14H2,1-2H3. The Morgan fingerprint density at radius 3 is 2.40 bits per heavy atom. The predicted octanol–water partition coefficient (Wildman–Crippen LogP) is 2.92. The smallest absolute Gasteiger partial charge is 0.0613 e. The second-order valence-corrected chi connectivity index (χ2v) is 7.07. The van der Waals surface area contributed by atoms with Crippen molar-refractivity contribution in [2.45, 2.75) is 88.8 Å². The lowest BCUT2D eigenvalue weighted by atomic mass is 9.97. The highest BCUT2D eigenvalue weighted by atomic mass is 16.3. The molecule has 0 aromatic carbocycles. The number of hydrogen-bond acceptors (Lipinski definition) is 3. The van der Waals surface area contributed by atoms with Crippen LogP contribution in [0.2, 0.25) is 0 Å². The van der Waals surface area contributed by atoms with Crippen LogP contribution in [0.15, 0.2) is 0 Å². The minimum Gasteiger partial charge on any atom is -0.394 e. The van der Waals surface area contributed by atoms with Crippen molar-refractivity contribution in [1.82, 2.24) is 10.2 Å².